The van der Waals surface area contributed by atoms with Crippen LogP contribution in [0.4, 0.5) is 0 Å². The first-order valence-electron chi connectivity index (χ1n) is 9.33. The summed E-state index contributed by atoms with van der Waals surface area (Å²) in [6.45, 7) is 9.69. The molecule has 0 fully saturated rings. The Kier molecular flexibility index (Phi) is 6.29. The number of hydrogen-bond acceptors (Lipinski definition) is 4. The monoisotopic (exact) mass is 387 g/mol. The van der Waals surface area contributed by atoms with Crippen LogP contribution in [-0.2, 0) is 18.4 Å². The van der Waals surface area contributed by atoms with Crippen molar-refractivity contribution < 1.29 is 14.7 Å². The SMILES string of the molecule is CNCc1c(C)c(C)c2c(=O)c(C(=O)NC(C)C(C)C(=O)O)cn(C)c2c1C. The highest BCUT2D eigenvalue weighted by Crippen LogP contribution is 2.27. The van der Waals surface area contributed by atoms with E-state index in [0.29, 0.717) is 11.9 Å². The molecule has 0 aliphatic rings. The van der Waals surface area contributed by atoms with E-state index in [2.05, 4.69) is 10.6 Å². The molecule has 0 bridgehead atoms. The maximum absolute atomic E-state index is 13.2. The van der Waals surface area contributed by atoms with E-state index in [1.54, 1.807) is 11.5 Å². The average Bonchev–Trinajstić information content (AvgIpc) is 2.63. The maximum Gasteiger partial charge on any atom is 0.308 e. The molecule has 0 aliphatic carbocycles. The van der Waals surface area contributed by atoms with Gasteiger partial charge in [0, 0.05) is 31.2 Å². The highest BCUT2D eigenvalue weighted by atomic mass is 16.4. The van der Waals surface area contributed by atoms with Crippen LogP contribution in [0.2, 0.25) is 0 Å². The first-order valence-corrected chi connectivity index (χ1v) is 9.33. The van der Waals surface area contributed by atoms with Crippen molar-refractivity contribution >= 4 is 22.8 Å². The smallest absolute Gasteiger partial charge is 0.308 e. The molecule has 7 nitrogen and oxygen atoms in total. The molecule has 1 aromatic heterocycles. The predicted octanol–water partition coefficient (Wildman–Crippen LogP) is 2.02. The number of carbonyl (C=O) groups excluding carboxylic acids is 1. The number of aliphatic carboxylic acids is 1. The van der Waals surface area contributed by atoms with Crippen molar-refractivity contribution in [1.82, 2.24) is 15.2 Å². The zero-order chi connectivity index (χ0) is 21.3. The number of fused-ring (bicyclic) bond motifs is 1. The number of pyridine rings is 1. The van der Waals surface area contributed by atoms with Gasteiger partial charge in [-0.3, -0.25) is 14.4 Å². The summed E-state index contributed by atoms with van der Waals surface area (Å²) in [6, 6.07) is -0.604. The highest BCUT2D eigenvalue weighted by Gasteiger charge is 2.24. The van der Waals surface area contributed by atoms with E-state index in [-0.39, 0.29) is 11.0 Å². The lowest BCUT2D eigenvalue weighted by Gasteiger charge is -2.21. The molecule has 0 saturated heterocycles. The van der Waals surface area contributed by atoms with E-state index in [1.165, 1.54) is 13.1 Å². The van der Waals surface area contributed by atoms with Crippen molar-refractivity contribution in [2.75, 3.05) is 7.05 Å². The van der Waals surface area contributed by atoms with Crippen LogP contribution < -0.4 is 16.1 Å². The lowest BCUT2D eigenvalue weighted by molar-refractivity contribution is -0.141. The predicted molar refractivity (Wildman–Crippen MR) is 110 cm³/mol. The number of benzene rings is 1. The van der Waals surface area contributed by atoms with Gasteiger partial charge in [0.05, 0.1) is 11.4 Å². The van der Waals surface area contributed by atoms with Gasteiger partial charge in [-0.1, -0.05) is 0 Å². The van der Waals surface area contributed by atoms with Crippen LogP contribution in [0.25, 0.3) is 10.9 Å². The van der Waals surface area contributed by atoms with Crippen LogP contribution >= 0.6 is 0 Å². The van der Waals surface area contributed by atoms with Gasteiger partial charge in [0.2, 0.25) is 5.43 Å². The van der Waals surface area contributed by atoms with E-state index in [0.717, 1.165) is 27.8 Å². The Hall–Kier alpha value is -2.67. The van der Waals surface area contributed by atoms with Gasteiger partial charge in [-0.2, -0.15) is 0 Å². The fourth-order valence-corrected chi connectivity index (χ4v) is 3.60. The number of aromatic nitrogens is 1. The van der Waals surface area contributed by atoms with Gasteiger partial charge in [0.15, 0.2) is 0 Å². The van der Waals surface area contributed by atoms with Crippen LogP contribution in [0.15, 0.2) is 11.0 Å². The van der Waals surface area contributed by atoms with E-state index >= 15 is 0 Å². The second-order valence-corrected chi connectivity index (χ2v) is 7.48. The highest BCUT2D eigenvalue weighted by molar-refractivity contribution is 5.99. The third kappa shape index (κ3) is 3.67. The lowest BCUT2D eigenvalue weighted by Crippen LogP contribution is -2.41. The average molecular weight is 387 g/mol. The third-order valence-electron chi connectivity index (χ3n) is 5.68. The molecule has 1 amide bonds. The second kappa shape index (κ2) is 8.14. The van der Waals surface area contributed by atoms with Gasteiger partial charge in [-0.15, -0.1) is 0 Å². The minimum absolute atomic E-state index is 0.0164. The van der Waals surface area contributed by atoms with Gasteiger partial charge in [0.25, 0.3) is 5.91 Å². The number of carboxylic acid groups (broad SMARTS) is 1. The van der Waals surface area contributed by atoms with Crippen LogP contribution in [-0.4, -0.2) is 34.6 Å². The number of nitrogens with zero attached hydrogens (tertiary/aromatic N) is 1. The van der Waals surface area contributed by atoms with E-state index in [1.807, 2.05) is 34.9 Å². The van der Waals surface area contributed by atoms with Gasteiger partial charge >= 0.3 is 5.97 Å². The molecule has 0 spiro atoms. The molecule has 7 heteroatoms. The standard InChI is InChI=1S/C21H29N3O4/c1-10-11(2)17-18(13(4)15(10)8-22-6)24(7)9-16(19(17)25)20(26)23-14(5)12(3)21(27)28/h9,12,14,22H,8H2,1-7H3,(H,23,26)(H,27,28). The molecular formula is C21H29N3O4. The number of carboxylic acids is 1. The van der Waals surface area contributed by atoms with Crippen molar-refractivity contribution in [3.63, 3.8) is 0 Å². The molecule has 1 heterocycles. The van der Waals surface area contributed by atoms with E-state index in [4.69, 9.17) is 5.11 Å². The van der Waals surface area contributed by atoms with Crippen LogP contribution in [0, 0.1) is 26.7 Å². The molecule has 3 N–H and O–H groups in total. The summed E-state index contributed by atoms with van der Waals surface area (Å²) in [5, 5.41) is 15.5. The molecule has 1 aromatic carbocycles. The summed E-state index contributed by atoms with van der Waals surface area (Å²) in [5.74, 6) is -2.32. The van der Waals surface area contributed by atoms with Gasteiger partial charge < -0.3 is 20.3 Å². The van der Waals surface area contributed by atoms with Gasteiger partial charge in [-0.25, -0.2) is 0 Å². The Morgan fingerprint density at radius 2 is 1.75 bits per heavy atom. The normalized spacial score (nSPS) is 13.4. The molecule has 2 atom stereocenters. The second-order valence-electron chi connectivity index (χ2n) is 7.48. The van der Waals surface area contributed by atoms with Crippen LogP contribution in [0.3, 0.4) is 0 Å². The minimum atomic E-state index is -1.00. The Bertz CT molecular complexity index is 1010. The Labute approximate surface area is 164 Å². The number of amides is 1. The van der Waals surface area contributed by atoms with E-state index < -0.39 is 23.8 Å². The quantitative estimate of drug-likeness (QED) is 0.704. The van der Waals surface area contributed by atoms with Crippen molar-refractivity contribution in [2.24, 2.45) is 13.0 Å². The number of carbonyl (C=O) groups is 2. The summed E-state index contributed by atoms with van der Waals surface area (Å²) in [6.07, 6.45) is 1.53. The minimum Gasteiger partial charge on any atom is -0.481 e. The lowest BCUT2D eigenvalue weighted by atomic mass is 9.92. The molecule has 2 rings (SSSR count). The molecule has 0 saturated carbocycles. The fourth-order valence-electron chi connectivity index (χ4n) is 3.60. The van der Waals surface area contributed by atoms with Crippen molar-refractivity contribution in [3.8, 4) is 0 Å². The van der Waals surface area contributed by atoms with Gasteiger partial charge in [0.1, 0.15) is 5.56 Å². The summed E-state index contributed by atoms with van der Waals surface area (Å²) < 4.78 is 1.80. The Balaban J connectivity index is 2.66. The van der Waals surface area contributed by atoms with Crippen molar-refractivity contribution in [1.29, 1.82) is 0 Å². The number of hydrogen-bond donors (Lipinski definition) is 3. The van der Waals surface area contributed by atoms with Crippen LogP contribution in [0.5, 0.6) is 0 Å². The summed E-state index contributed by atoms with van der Waals surface area (Å²) in [7, 11) is 3.69. The van der Waals surface area contributed by atoms with Crippen molar-refractivity contribution in [3.05, 3.63) is 44.2 Å². The zero-order valence-electron chi connectivity index (χ0n) is 17.6. The first kappa shape index (κ1) is 21.6. The largest absolute Gasteiger partial charge is 0.481 e. The number of rotatable bonds is 6. The van der Waals surface area contributed by atoms with Crippen LogP contribution in [0.1, 0.15) is 46.5 Å². The maximum atomic E-state index is 13.2. The number of aryl methyl sites for hydroxylation is 3. The van der Waals surface area contributed by atoms with Crippen molar-refractivity contribution in [2.45, 2.75) is 47.2 Å². The molecule has 0 aliphatic heterocycles. The topological polar surface area (TPSA) is 100 Å². The zero-order valence-corrected chi connectivity index (χ0v) is 17.6. The number of nitrogens with one attached hydrogen (secondary N) is 2. The fraction of sp³-hybridized carbons (Fsp3) is 0.476. The Morgan fingerprint density at radius 1 is 1.14 bits per heavy atom. The first-order chi connectivity index (χ1) is 13.0. The molecule has 2 unspecified atom stereocenters. The summed E-state index contributed by atoms with van der Waals surface area (Å²) >= 11 is 0. The molecular weight excluding hydrogens is 358 g/mol. The molecule has 2 aromatic rings. The third-order valence-corrected chi connectivity index (χ3v) is 5.68. The van der Waals surface area contributed by atoms with E-state index in [9.17, 15) is 14.4 Å². The Morgan fingerprint density at radius 3 is 2.29 bits per heavy atom. The molecule has 28 heavy (non-hydrogen) atoms. The summed E-state index contributed by atoms with van der Waals surface area (Å²) in [4.78, 5) is 37.1. The van der Waals surface area contributed by atoms with Gasteiger partial charge in [-0.05, 0) is 63.9 Å². The molecule has 152 valence electrons. The summed E-state index contributed by atoms with van der Waals surface area (Å²) in [5.41, 5.74) is 4.52. The molecule has 0 radical (unpaired) electrons.